The summed E-state index contributed by atoms with van der Waals surface area (Å²) in [4.78, 5) is 36.9. The van der Waals surface area contributed by atoms with Crippen LogP contribution in [0.3, 0.4) is 0 Å². The Hall–Kier alpha value is -3.79. The normalized spacial score (nSPS) is 16.1. The lowest BCUT2D eigenvalue weighted by Gasteiger charge is -2.30. The molecule has 1 aliphatic heterocycles. The molecule has 2 aromatic rings. The van der Waals surface area contributed by atoms with Gasteiger partial charge in [0.25, 0.3) is 0 Å². The zero-order chi connectivity index (χ0) is 22.7. The number of hydrogen-bond donors (Lipinski definition) is 3. The fourth-order valence-corrected chi connectivity index (χ4v) is 3.48. The van der Waals surface area contributed by atoms with Gasteiger partial charge in [-0.1, -0.05) is 12.1 Å². The van der Waals surface area contributed by atoms with E-state index < -0.39 is 23.7 Å². The Morgan fingerprint density at radius 2 is 1.81 bits per heavy atom. The van der Waals surface area contributed by atoms with E-state index in [-0.39, 0.29) is 29.3 Å². The van der Waals surface area contributed by atoms with Crippen molar-refractivity contribution in [2.75, 3.05) is 12.6 Å². The molecule has 164 valence electrons. The Balaban J connectivity index is 2.03. The van der Waals surface area contributed by atoms with Crippen LogP contribution in [0.25, 0.3) is 0 Å². The summed E-state index contributed by atoms with van der Waals surface area (Å²) in [5.41, 5.74) is 4.37. The minimum atomic E-state index is -0.893. The number of nitrogens with one attached hydrogen (secondary N) is 2. The number of methoxy groups -OCH3 is 1. The first kappa shape index (κ1) is 21.9. The van der Waals surface area contributed by atoms with Crippen LogP contribution < -0.4 is 16.6 Å². The topological polar surface area (TPSA) is 140 Å². The second-order valence-electron chi connectivity index (χ2n) is 6.87. The molecule has 10 nitrogen and oxygen atoms in total. The van der Waals surface area contributed by atoms with E-state index in [1.807, 2.05) is 0 Å². The summed E-state index contributed by atoms with van der Waals surface area (Å²) in [7, 11) is 1.25. The summed E-state index contributed by atoms with van der Waals surface area (Å²) < 4.78 is 19.9. The summed E-state index contributed by atoms with van der Waals surface area (Å²) >= 11 is 0. The van der Waals surface area contributed by atoms with Gasteiger partial charge in [-0.3, -0.25) is 10.7 Å². The predicted molar refractivity (Wildman–Crippen MR) is 107 cm³/mol. The van der Waals surface area contributed by atoms with E-state index in [0.717, 1.165) is 0 Å². The maximum Gasteiger partial charge on any atom is 0.519 e. The Bertz CT molecular complexity index is 1140. The summed E-state index contributed by atoms with van der Waals surface area (Å²) in [6.45, 7) is 4.56. The van der Waals surface area contributed by atoms with Crippen LogP contribution in [-0.2, 0) is 25.7 Å². The molecule has 1 aromatic carbocycles. The molecule has 0 bridgehead atoms. The number of rotatable bonds is 6. The molecule has 10 heteroatoms. The highest BCUT2D eigenvalue weighted by Crippen LogP contribution is 2.40. The zero-order valence-corrected chi connectivity index (χ0v) is 17.4. The summed E-state index contributed by atoms with van der Waals surface area (Å²) in [6, 6.07) is 6.61. The molecule has 1 atom stereocenters. The Morgan fingerprint density at radius 3 is 2.39 bits per heavy atom. The average Bonchev–Trinajstić information content (AvgIpc) is 3.07. The van der Waals surface area contributed by atoms with Gasteiger partial charge in [0.15, 0.2) is 18.1 Å². The first-order chi connectivity index (χ1) is 14.8. The molecule has 0 saturated heterocycles. The van der Waals surface area contributed by atoms with E-state index >= 15 is 0 Å². The smallest absolute Gasteiger partial charge is 0.466 e. The minimum Gasteiger partial charge on any atom is -0.466 e. The molecule has 31 heavy (non-hydrogen) atoms. The third-order valence-electron chi connectivity index (χ3n) is 4.90. The second-order valence-corrected chi connectivity index (χ2v) is 6.87. The first-order valence-electron chi connectivity index (χ1n) is 9.30. The largest absolute Gasteiger partial charge is 0.519 e. The van der Waals surface area contributed by atoms with Crippen molar-refractivity contribution in [3.8, 4) is 0 Å². The van der Waals surface area contributed by atoms with Gasteiger partial charge in [-0.25, -0.2) is 14.4 Å². The maximum absolute atomic E-state index is 13.1. The van der Waals surface area contributed by atoms with E-state index in [0.29, 0.717) is 22.6 Å². The van der Waals surface area contributed by atoms with Crippen molar-refractivity contribution in [2.24, 2.45) is 0 Å². The molecule has 3 N–H and O–H groups in total. The molecule has 1 aromatic heterocycles. The number of carbonyl (C=O) groups excluding carboxylic acids is 2. The number of ether oxygens (including phenoxy) is 2. The molecule has 0 saturated carbocycles. The summed E-state index contributed by atoms with van der Waals surface area (Å²) in [5.74, 6) is -2.78. The molecule has 0 radical (unpaired) electrons. The van der Waals surface area contributed by atoms with E-state index in [1.54, 1.807) is 38.1 Å². The second kappa shape index (κ2) is 8.92. The quantitative estimate of drug-likeness (QED) is 0.462. The number of benzene rings is 1. The SMILES string of the molecule is COC(=O)C1=C(C)NC(C)=C(C(=O)OCc2oc(=O)oc2C)C1c1cccc(NO)c1. The lowest BCUT2D eigenvalue weighted by atomic mass is 9.80. The van der Waals surface area contributed by atoms with Crippen LogP contribution in [-0.4, -0.2) is 24.3 Å². The van der Waals surface area contributed by atoms with Gasteiger partial charge in [0.1, 0.15) is 0 Å². The molecule has 1 unspecified atom stereocenters. The molecule has 3 rings (SSSR count). The number of anilines is 1. The molecule has 1 aliphatic rings. The van der Waals surface area contributed by atoms with Crippen molar-refractivity contribution in [3.63, 3.8) is 0 Å². The lowest BCUT2D eigenvalue weighted by molar-refractivity contribution is -0.141. The van der Waals surface area contributed by atoms with Gasteiger partial charge >= 0.3 is 17.8 Å². The van der Waals surface area contributed by atoms with Crippen molar-refractivity contribution in [3.05, 3.63) is 74.5 Å². The van der Waals surface area contributed by atoms with Crippen LogP contribution in [0.2, 0.25) is 0 Å². The van der Waals surface area contributed by atoms with Gasteiger partial charge in [-0.05, 0) is 38.5 Å². The van der Waals surface area contributed by atoms with Crippen LogP contribution in [0.1, 0.15) is 36.8 Å². The van der Waals surface area contributed by atoms with Gasteiger partial charge in [-0.2, -0.15) is 0 Å². The third-order valence-corrected chi connectivity index (χ3v) is 4.90. The van der Waals surface area contributed by atoms with Gasteiger partial charge in [0.05, 0.1) is 29.9 Å². The van der Waals surface area contributed by atoms with Crippen molar-refractivity contribution in [1.29, 1.82) is 0 Å². The molecular weight excluding hydrogens is 408 g/mol. The molecule has 0 aliphatic carbocycles. The fourth-order valence-electron chi connectivity index (χ4n) is 3.48. The average molecular weight is 430 g/mol. The molecule has 0 spiro atoms. The van der Waals surface area contributed by atoms with Crippen LogP contribution in [0.15, 0.2) is 60.4 Å². The van der Waals surface area contributed by atoms with E-state index in [2.05, 4.69) is 10.8 Å². The summed E-state index contributed by atoms with van der Waals surface area (Å²) in [6.07, 6.45) is 0. The number of hydrogen-bond acceptors (Lipinski definition) is 10. The van der Waals surface area contributed by atoms with Gasteiger partial charge in [0, 0.05) is 11.4 Å². The molecule has 0 amide bonds. The van der Waals surface area contributed by atoms with Crippen molar-refractivity contribution in [1.82, 2.24) is 5.32 Å². The number of carbonyl (C=O) groups is 2. The summed E-state index contributed by atoms with van der Waals surface area (Å²) in [5, 5.41) is 12.3. The molecule has 0 fully saturated rings. The van der Waals surface area contributed by atoms with Gasteiger partial charge in [0.2, 0.25) is 0 Å². The van der Waals surface area contributed by atoms with Crippen LogP contribution >= 0.6 is 0 Å². The Labute approximate surface area is 177 Å². The van der Waals surface area contributed by atoms with Gasteiger partial charge in [-0.15, -0.1) is 0 Å². The Morgan fingerprint density at radius 1 is 1.13 bits per heavy atom. The van der Waals surface area contributed by atoms with E-state index in [9.17, 15) is 19.6 Å². The fraction of sp³-hybridized carbons (Fsp3) is 0.286. The number of aryl methyl sites for hydroxylation is 1. The van der Waals surface area contributed by atoms with E-state index in [1.165, 1.54) is 14.0 Å². The van der Waals surface area contributed by atoms with Crippen LogP contribution in [0, 0.1) is 6.92 Å². The van der Waals surface area contributed by atoms with Crippen LogP contribution in [0.4, 0.5) is 5.69 Å². The third kappa shape index (κ3) is 4.38. The predicted octanol–water partition coefficient (Wildman–Crippen LogP) is 2.49. The molecule has 2 heterocycles. The van der Waals surface area contributed by atoms with E-state index in [4.69, 9.17) is 18.3 Å². The van der Waals surface area contributed by atoms with Crippen molar-refractivity contribution >= 4 is 17.6 Å². The standard InChI is InChI=1S/C21H22N2O8/c1-10-16(19(24)28-4)18(13-6-5-7-14(8-13)23-27)17(11(2)22-10)20(25)29-9-15-12(3)30-21(26)31-15/h5-8,18,22-23,27H,9H2,1-4H3. The Kier molecular flexibility index (Phi) is 6.30. The highest BCUT2D eigenvalue weighted by atomic mass is 16.6. The van der Waals surface area contributed by atoms with Gasteiger partial charge < -0.3 is 23.6 Å². The highest BCUT2D eigenvalue weighted by molar-refractivity contribution is 5.99. The number of dihydropyridines is 1. The lowest BCUT2D eigenvalue weighted by Crippen LogP contribution is -2.32. The van der Waals surface area contributed by atoms with Crippen molar-refractivity contribution < 1.29 is 33.1 Å². The maximum atomic E-state index is 13.1. The number of allylic oxidation sites excluding steroid dienone is 2. The first-order valence-corrected chi connectivity index (χ1v) is 9.30. The number of esters is 2. The minimum absolute atomic E-state index is 0.0864. The van der Waals surface area contributed by atoms with Crippen LogP contribution in [0.5, 0.6) is 0 Å². The highest BCUT2D eigenvalue weighted by Gasteiger charge is 2.38. The monoisotopic (exact) mass is 430 g/mol. The molecular formula is C21H22N2O8. The van der Waals surface area contributed by atoms with Crippen molar-refractivity contribution in [2.45, 2.75) is 33.3 Å². The zero-order valence-electron chi connectivity index (χ0n) is 17.4.